The lowest BCUT2D eigenvalue weighted by molar-refractivity contribution is 0.0510. The SMILES string of the molecule is CCC(C)(C(=O)c1cccs1)N1CCCCC1. The fourth-order valence-corrected chi connectivity index (χ4v) is 3.38. The van der Waals surface area contributed by atoms with Crippen LogP contribution in [0.2, 0.25) is 0 Å². The number of hydrogen-bond acceptors (Lipinski definition) is 3. The predicted molar refractivity (Wildman–Crippen MR) is 72.8 cm³/mol. The van der Waals surface area contributed by atoms with Gasteiger partial charge in [0.15, 0.2) is 5.78 Å². The van der Waals surface area contributed by atoms with Crippen molar-refractivity contribution < 1.29 is 4.79 Å². The van der Waals surface area contributed by atoms with Crippen molar-refractivity contribution in [1.82, 2.24) is 4.90 Å². The highest BCUT2D eigenvalue weighted by molar-refractivity contribution is 7.12. The molecule has 2 nitrogen and oxygen atoms in total. The standard InChI is InChI=1S/C14H21NOS/c1-3-14(2,15-9-5-4-6-10-15)13(16)12-8-7-11-17-12/h7-8,11H,3-6,9-10H2,1-2H3. The van der Waals surface area contributed by atoms with E-state index in [9.17, 15) is 4.79 Å². The number of likely N-dealkylation sites (tertiary alicyclic amines) is 1. The van der Waals surface area contributed by atoms with Gasteiger partial charge in [-0.3, -0.25) is 9.69 Å². The number of ketones is 1. The van der Waals surface area contributed by atoms with Crippen molar-refractivity contribution in [2.24, 2.45) is 0 Å². The van der Waals surface area contributed by atoms with E-state index in [0.29, 0.717) is 5.78 Å². The Hall–Kier alpha value is -0.670. The molecule has 0 radical (unpaired) electrons. The molecule has 2 rings (SSSR count). The van der Waals surface area contributed by atoms with Crippen LogP contribution in [0.3, 0.4) is 0 Å². The number of carbonyl (C=O) groups excluding carboxylic acids is 1. The summed E-state index contributed by atoms with van der Waals surface area (Å²) < 4.78 is 0. The fourth-order valence-electron chi connectivity index (χ4n) is 2.59. The van der Waals surface area contributed by atoms with Gasteiger partial charge in [0.25, 0.3) is 0 Å². The van der Waals surface area contributed by atoms with Crippen LogP contribution in [0.1, 0.15) is 49.2 Å². The third kappa shape index (κ3) is 2.45. The molecule has 0 aliphatic carbocycles. The average Bonchev–Trinajstić information content (AvgIpc) is 2.92. The van der Waals surface area contributed by atoms with E-state index in [1.54, 1.807) is 11.3 Å². The van der Waals surface area contributed by atoms with Gasteiger partial charge in [0, 0.05) is 0 Å². The van der Waals surface area contributed by atoms with Gasteiger partial charge in [-0.1, -0.05) is 19.4 Å². The van der Waals surface area contributed by atoms with Crippen LogP contribution < -0.4 is 0 Å². The van der Waals surface area contributed by atoms with Crippen LogP contribution in [0.15, 0.2) is 17.5 Å². The van der Waals surface area contributed by atoms with E-state index >= 15 is 0 Å². The number of carbonyl (C=O) groups is 1. The van der Waals surface area contributed by atoms with Crippen LogP contribution in [0.5, 0.6) is 0 Å². The van der Waals surface area contributed by atoms with Crippen molar-refractivity contribution in [2.75, 3.05) is 13.1 Å². The Labute approximate surface area is 108 Å². The number of Topliss-reactive ketones (excluding diaryl/α,β-unsaturated/α-hetero) is 1. The molecule has 1 atom stereocenters. The smallest absolute Gasteiger partial charge is 0.192 e. The van der Waals surface area contributed by atoms with Gasteiger partial charge in [0.05, 0.1) is 10.4 Å². The summed E-state index contributed by atoms with van der Waals surface area (Å²) in [5, 5.41) is 1.99. The molecule has 1 aliphatic rings. The lowest BCUT2D eigenvalue weighted by Gasteiger charge is -2.41. The summed E-state index contributed by atoms with van der Waals surface area (Å²) in [6.45, 7) is 6.38. The van der Waals surface area contributed by atoms with Crippen molar-refractivity contribution in [2.45, 2.75) is 45.1 Å². The summed E-state index contributed by atoms with van der Waals surface area (Å²) in [5.74, 6) is 0.303. The van der Waals surface area contributed by atoms with Gasteiger partial charge < -0.3 is 0 Å². The Balaban J connectivity index is 2.20. The van der Waals surface area contributed by atoms with Gasteiger partial charge in [-0.25, -0.2) is 0 Å². The second-order valence-electron chi connectivity index (χ2n) is 4.98. The van der Waals surface area contributed by atoms with Crippen molar-refractivity contribution in [1.29, 1.82) is 0 Å². The van der Waals surface area contributed by atoms with Gasteiger partial charge in [-0.05, 0) is 50.7 Å². The van der Waals surface area contributed by atoms with E-state index in [2.05, 4.69) is 18.7 Å². The molecule has 1 saturated heterocycles. The summed E-state index contributed by atoms with van der Waals surface area (Å²) in [6, 6.07) is 3.91. The maximum atomic E-state index is 12.6. The molecular formula is C14H21NOS. The Morgan fingerprint density at radius 3 is 2.65 bits per heavy atom. The summed E-state index contributed by atoms with van der Waals surface area (Å²) in [4.78, 5) is 15.9. The summed E-state index contributed by atoms with van der Waals surface area (Å²) in [5.41, 5.74) is -0.300. The van der Waals surface area contributed by atoms with E-state index in [4.69, 9.17) is 0 Å². The highest BCUT2D eigenvalue weighted by Gasteiger charge is 2.38. The number of nitrogens with zero attached hydrogens (tertiary/aromatic N) is 1. The van der Waals surface area contributed by atoms with E-state index in [-0.39, 0.29) is 5.54 Å². The highest BCUT2D eigenvalue weighted by Crippen LogP contribution is 2.29. The van der Waals surface area contributed by atoms with E-state index in [0.717, 1.165) is 24.4 Å². The first kappa shape index (κ1) is 12.8. The zero-order chi connectivity index (χ0) is 12.3. The minimum Gasteiger partial charge on any atom is -0.291 e. The van der Waals surface area contributed by atoms with Crippen LogP contribution in [0, 0.1) is 0 Å². The van der Waals surface area contributed by atoms with E-state index in [1.165, 1.54) is 19.3 Å². The highest BCUT2D eigenvalue weighted by atomic mass is 32.1. The summed E-state index contributed by atoms with van der Waals surface area (Å²) >= 11 is 1.56. The van der Waals surface area contributed by atoms with Gasteiger partial charge in [-0.2, -0.15) is 0 Å². The summed E-state index contributed by atoms with van der Waals surface area (Å²) in [7, 11) is 0. The lowest BCUT2D eigenvalue weighted by Crippen LogP contribution is -2.53. The van der Waals surface area contributed by atoms with Crippen LogP contribution in [-0.4, -0.2) is 29.3 Å². The van der Waals surface area contributed by atoms with Gasteiger partial charge in [0.1, 0.15) is 0 Å². The van der Waals surface area contributed by atoms with E-state index < -0.39 is 0 Å². The minimum atomic E-state index is -0.300. The Bertz CT molecular complexity index is 368. The van der Waals surface area contributed by atoms with Crippen LogP contribution in [0.25, 0.3) is 0 Å². The van der Waals surface area contributed by atoms with Crippen LogP contribution in [-0.2, 0) is 0 Å². The lowest BCUT2D eigenvalue weighted by atomic mass is 9.88. The number of rotatable bonds is 4. The van der Waals surface area contributed by atoms with Crippen molar-refractivity contribution in [3.63, 3.8) is 0 Å². The molecule has 0 aromatic carbocycles. The molecule has 2 heterocycles. The third-order valence-electron chi connectivity index (χ3n) is 3.98. The molecule has 1 unspecified atom stereocenters. The van der Waals surface area contributed by atoms with Crippen molar-refractivity contribution in [3.05, 3.63) is 22.4 Å². The van der Waals surface area contributed by atoms with Crippen molar-refractivity contribution >= 4 is 17.1 Å². The fraction of sp³-hybridized carbons (Fsp3) is 0.643. The normalized spacial score (nSPS) is 21.1. The molecule has 0 amide bonds. The molecule has 1 aliphatic heterocycles. The number of piperidine rings is 1. The minimum absolute atomic E-state index is 0.300. The Morgan fingerprint density at radius 1 is 1.41 bits per heavy atom. The summed E-state index contributed by atoms with van der Waals surface area (Å²) in [6.07, 6.45) is 4.66. The molecule has 1 aromatic rings. The maximum absolute atomic E-state index is 12.6. The molecule has 0 spiro atoms. The van der Waals surface area contributed by atoms with Gasteiger partial charge >= 0.3 is 0 Å². The first-order chi connectivity index (χ1) is 8.18. The second kappa shape index (κ2) is 5.32. The quantitative estimate of drug-likeness (QED) is 0.762. The van der Waals surface area contributed by atoms with Crippen LogP contribution in [0.4, 0.5) is 0 Å². The average molecular weight is 251 g/mol. The molecule has 0 bridgehead atoms. The largest absolute Gasteiger partial charge is 0.291 e. The molecule has 94 valence electrons. The topological polar surface area (TPSA) is 20.3 Å². The van der Waals surface area contributed by atoms with Gasteiger partial charge in [0.2, 0.25) is 0 Å². The monoisotopic (exact) mass is 251 g/mol. The van der Waals surface area contributed by atoms with E-state index in [1.807, 2.05) is 17.5 Å². The zero-order valence-corrected chi connectivity index (χ0v) is 11.6. The molecule has 3 heteroatoms. The molecule has 17 heavy (non-hydrogen) atoms. The molecule has 1 aromatic heterocycles. The Morgan fingerprint density at radius 2 is 2.12 bits per heavy atom. The second-order valence-corrected chi connectivity index (χ2v) is 5.93. The molecule has 1 fully saturated rings. The van der Waals surface area contributed by atoms with Crippen molar-refractivity contribution in [3.8, 4) is 0 Å². The Kier molecular flexibility index (Phi) is 4.00. The number of hydrogen-bond donors (Lipinski definition) is 0. The van der Waals surface area contributed by atoms with Crippen LogP contribution >= 0.6 is 11.3 Å². The predicted octanol–water partition coefficient (Wildman–Crippen LogP) is 3.59. The molecule has 0 N–H and O–H groups in total. The zero-order valence-electron chi connectivity index (χ0n) is 10.7. The van der Waals surface area contributed by atoms with Gasteiger partial charge in [-0.15, -0.1) is 11.3 Å². The first-order valence-electron chi connectivity index (χ1n) is 6.52. The third-order valence-corrected chi connectivity index (χ3v) is 4.85. The molecular weight excluding hydrogens is 230 g/mol. The number of thiophene rings is 1. The maximum Gasteiger partial charge on any atom is 0.192 e. The first-order valence-corrected chi connectivity index (χ1v) is 7.40. The molecule has 0 saturated carbocycles.